The quantitative estimate of drug-likeness (QED) is 0.167. The van der Waals surface area contributed by atoms with Gasteiger partial charge in [-0.05, 0) is 118 Å². The maximum absolute atomic E-state index is 9.86. The van der Waals surface area contributed by atoms with Gasteiger partial charge in [0, 0.05) is 10.8 Å². The van der Waals surface area contributed by atoms with Crippen molar-refractivity contribution in [3.05, 3.63) is 194 Å². The van der Waals surface area contributed by atoms with Crippen LogP contribution in [0, 0.1) is 0 Å². The van der Waals surface area contributed by atoms with E-state index >= 15 is 0 Å². The Bertz CT molecular complexity index is 4220. The maximum Gasteiger partial charge on any atom is 0.136 e. The molecule has 0 saturated carbocycles. The minimum absolute atomic E-state index is 0.115. The van der Waals surface area contributed by atoms with Gasteiger partial charge in [-0.25, -0.2) is 0 Å². The first kappa shape index (κ1) is 16.6. The van der Waals surface area contributed by atoms with Crippen molar-refractivity contribution in [3.63, 3.8) is 0 Å². The number of furan rings is 1. The molecule has 0 unspecified atom stereocenters. The molecule has 11 aromatic rings. The molecule has 0 aliphatic heterocycles. The van der Waals surface area contributed by atoms with Crippen molar-refractivity contribution in [2.45, 2.75) is 0 Å². The average Bonchev–Trinajstić information content (AvgIpc) is 3.77. The van der Waals surface area contributed by atoms with E-state index in [1.165, 1.54) is 0 Å². The van der Waals surface area contributed by atoms with Gasteiger partial charge in [0.15, 0.2) is 0 Å². The van der Waals surface area contributed by atoms with Gasteiger partial charge in [-0.3, -0.25) is 0 Å². The van der Waals surface area contributed by atoms with Crippen LogP contribution in [0.4, 0.5) is 0 Å². The number of hydrogen-bond donors (Lipinski definition) is 0. The standard InChI is InChI=1S/C52H32O/c1-2-13-34(14-3-1)49-43-16-6-8-18-45(43)50(46-19-9-7-17-44(46)49)40-29-26-36-31-39(28-25-37(36)32-40)42-21-11-23-48-52(42)51-41(20-10-22-47(51)53-48)38-27-24-33-12-4-5-15-35(33)30-38/h1-32H/i1D,2D,3D,6D,7D,8D,9D,13D,14D,16D,17D,18D,19D,25D,26D,28D,29D,31D,32D. The van der Waals surface area contributed by atoms with Gasteiger partial charge in [0.2, 0.25) is 0 Å². The summed E-state index contributed by atoms with van der Waals surface area (Å²) in [5.74, 6) is 0. The molecule has 0 N–H and O–H groups in total. The first-order valence-corrected chi connectivity index (χ1v) is 16.7. The monoisotopic (exact) mass is 691 g/mol. The van der Waals surface area contributed by atoms with E-state index in [9.17, 15) is 13.7 Å². The van der Waals surface area contributed by atoms with Crippen molar-refractivity contribution < 1.29 is 30.5 Å². The normalized spacial score (nSPS) is 16.8. The summed E-state index contributed by atoms with van der Waals surface area (Å²) in [7, 11) is 0. The summed E-state index contributed by atoms with van der Waals surface area (Å²) in [5, 5.41) is -0.0348. The lowest BCUT2D eigenvalue weighted by Crippen LogP contribution is -1.91. The van der Waals surface area contributed by atoms with E-state index in [-0.39, 0.29) is 5.56 Å². The molecule has 0 bridgehead atoms. The van der Waals surface area contributed by atoms with E-state index in [1.807, 2.05) is 54.6 Å². The third kappa shape index (κ3) is 4.71. The van der Waals surface area contributed by atoms with E-state index in [0.29, 0.717) is 27.5 Å². The van der Waals surface area contributed by atoms with Crippen LogP contribution in [0.2, 0.25) is 0 Å². The molecule has 53 heavy (non-hydrogen) atoms. The summed E-state index contributed by atoms with van der Waals surface area (Å²) in [6.07, 6.45) is 0. The van der Waals surface area contributed by atoms with Crippen LogP contribution in [0.3, 0.4) is 0 Å². The average molecular weight is 692 g/mol. The molecule has 1 heteroatoms. The fraction of sp³-hybridized carbons (Fsp3) is 0. The smallest absolute Gasteiger partial charge is 0.136 e. The molecule has 246 valence electrons. The molecule has 0 saturated heterocycles. The lowest BCUT2D eigenvalue weighted by molar-refractivity contribution is 0.669. The van der Waals surface area contributed by atoms with Gasteiger partial charge in [0.05, 0.1) is 26.0 Å². The van der Waals surface area contributed by atoms with E-state index < -0.39 is 169 Å². The molecule has 0 atom stereocenters. The number of rotatable bonds is 4. The summed E-state index contributed by atoms with van der Waals surface area (Å²) in [4.78, 5) is 0. The van der Waals surface area contributed by atoms with Gasteiger partial charge in [-0.2, -0.15) is 0 Å². The molecular formula is C52H32O. The first-order valence-electron chi connectivity index (χ1n) is 26.2. The zero-order valence-electron chi connectivity index (χ0n) is 46.4. The van der Waals surface area contributed by atoms with Gasteiger partial charge in [-0.1, -0.05) is 163 Å². The van der Waals surface area contributed by atoms with Gasteiger partial charge in [0.1, 0.15) is 11.2 Å². The van der Waals surface area contributed by atoms with Crippen molar-refractivity contribution in [3.8, 4) is 44.5 Å². The third-order valence-electron chi connectivity index (χ3n) is 9.60. The molecular weight excluding hydrogens is 641 g/mol. The predicted molar refractivity (Wildman–Crippen MR) is 225 cm³/mol. The molecule has 11 rings (SSSR count). The van der Waals surface area contributed by atoms with Crippen LogP contribution in [0.5, 0.6) is 0 Å². The molecule has 0 spiro atoms. The minimum Gasteiger partial charge on any atom is -0.456 e. The van der Waals surface area contributed by atoms with Crippen LogP contribution in [0.25, 0.3) is 110 Å². The summed E-state index contributed by atoms with van der Waals surface area (Å²) < 4.78 is 180. The van der Waals surface area contributed by atoms with Crippen molar-refractivity contribution in [2.24, 2.45) is 0 Å². The van der Waals surface area contributed by atoms with Crippen LogP contribution in [0.1, 0.15) is 26.0 Å². The molecule has 1 heterocycles. The second kappa shape index (κ2) is 11.8. The Morgan fingerprint density at radius 3 is 1.53 bits per heavy atom. The first-order chi connectivity index (χ1) is 34.2. The summed E-state index contributed by atoms with van der Waals surface area (Å²) >= 11 is 0. The van der Waals surface area contributed by atoms with Crippen molar-refractivity contribution in [1.29, 1.82) is 0 Å². The van der Waals surface area contributed by atoms with Crippen LogP contribution >= 0.6 is 0 Å². The Hall–Kier alpha value is -6.96. The van der Waals surface area contributed by atoms with Crippen LogP contribution in [-0.2, 0) is 0 Å². The summed E-state index contributed by atoms with van der Waals surface area (Å²) in [5.41, 5.74) is 0.248. The van der Waals surface area contributed by atoms with Gasteiger partial charge in [0.25, 0.3) is 0 Å². The third-order valence-corrected chi connectivity index (χ3v) is 9.60. The number of benzene rings is 10. The zero-order valence-corrected chi connectivity index (χ0v) is 27.4. The molecule has 10 aromatic carbocycles. The van der Waals surface area contributed by atoms with Gasteiger partial charge < -0.3 is 4.42 Å². The number of hydrogen-bond acceptors (Lipinski definition) is 1. The van der Waals surface area contributed by atoms with Crippen LogP contribution < -0.4 is 0 Å². The highest BCUT2D eigenvalue weighted by Crippen LogP contribution is 2.45. The number of fused-ring (bicyclic) bond motifs is 7. The highest BCUT2D eigenvalue weighted by Gasteiger charge is 2.19. The largest absolute Gasteiger partial charge is 0.456 e. The molecule has 1 aromatic heterocycles. The van der Waals surface area contributed by atoms with Gasteiger partial charge >= 0.3 is 0 Å². The van der Waals surface area contributed by atoms with Crippen LogP contribution in [0.15, 0.2) is 198 Å². The van der Waals surface area contributed by atoms with Crippen LogP contribution in [-0.4, -0.2) is 0 Å². The molecule has 0 aliphatic rings. The second-order valence-corrected chi connectivity index (χ2v) is 12.5. The SMILES string of the molecule is [2H]c1c([2H])c([2H])c(-c2c3c([2H])c([2H])c([2H])c([2H])c3c(-c3c([2H])c([2H])c4c([2H])c(-c5cccc6oc7cccc(-c8ccc9ccccc9c8)c7c56)c([2H])c([2H])c4c3[2H])c3c([2H])c([2H])c([2H])c([2H])c23)c([2H])c1[2H]. The Labute approximate surface area is 333 Å². The van der Waals surface area contributed by atoms with Gasteiger partial charge in [-0.15, -0.1) is 0 Å². The molecule has 1 nitrogen and oxygen atoms in total. The maximum atomic E-state index is 9.86. The Kier molecular flexibility index (Phi) is 3.69. The highest BCUT2D eigenvalue weighted by atomic mass is 16.3. The van der Waals surface area contributed by atoms with E-state index in [2.05, 4.69) is 0 Å². The molecule has 0 radical (unpaired) electrons. The van der Waals surface area contributed by atoms with E-state index in [0.717, 1.165) is 21.9 Å². The Balaban J connectivity index is 1.28. The molecule has 0 amide bonds. The van der Waals surface area contributed by atoms with Crippen molar-refractivity contribution >= 4 is 65.0 Å². The fourth-order valence-corrected chi connectivity index (χ4v) is 7.31. The predicted octanol–water partition coefficient (Wildman–Crippen LogP) is 14.9. The lowest BCUT2D eigenvalue weighted by Gasteiger charge is -2.18. The zero-order chi connectivity index (χ0) is 51.4. The topological polar surface area (TPSA) is 13.1 Å². The van der Waals surface area contributed by atoms with Crippen molar-refractivity contribution in [1.82, 2.24) is 0 Å². The minimum atomic E-state index is -0.872. The summed E-state index contributed by atoms with van der Waals surface area (Å²) in [6, 6.07) is 9.26. The Morgan fingerprint density at radius 2 is 0.887 bits per heavy atom. The van der Waals surface area contributed by atoms with Crippen molar-refractivity contribution in [2.75, 3.05) is 0 Å². The lowest BCUT2D eigenvalue weighted by atomic mass is 9.85. The Morgan fingerprint density at radius 1 is 0.358 bits per heavy atom. The molecule has 0 aliphatic carbocycles. The van der Waals surface area contributed by atoms with E-state index in [1.54, 1.807) is 24.3 Å². The molecule has 0 fully saturated rings. The van der Waals surface area contributed by atoms with E-state index in [4.69, 9.17) is 16.8 Å². The fourth-order valence-electron chi connectivity index (χ4n) is 7.31. The summed E-state index contributed by atoms with van der Waals surface area (Å²) in [6.45, 7) is 0. The second-order valence-electron chi connectivity index (χ2n) is 12.5. The highest BCUT2D eigenvalue weighted by molar-refractivity contribution is 6.22.